The molecular weight excluding hydrogens is 478 g/mol. The van der Waals surface area contributed by atoms with Gasteiger partial charge in [0.1, 0.15) is 5.82 Å². The van der Waals surface area contributed by atoms with Crippen LogP contribution in [0.2, 0.25) is 0 Å². The molecule has 3 nitrogen and oxygen atoms in total. The van der Waals surface area contributed by atoms with E-state index in [1.165, 1.54) is 95.6 Å². The summed E-state index contributed by atoms with van der Waals surface area (Å²) in [6.45, 7) is 6.90. The number of unbranched alkanes of at least 4 members (excludes halogenated alkanes) is 11. The van der Waals surface area contributed by atoms with Gasteiger partial charge in [-0.1, -0.05) is 126 Å². The largest absolute Gasteiger partial charge is 0.274 e. The minimum atomic E-state index is 0.561. The second-order valence-corrected chi connectivity index (χ2v) is 11.4. The van der Waals surface area contributed by atoms with Crippen LogP contribution in [0.1, 0.15) is 116 Å². The highest BCUT2D eigenvalue weighted by molar-refractivity contribution is 9.10. The molecule has 0 amide bonds. The molecule has 1 unspecified atom stereocenters. The van der Waals surface area contributed by atoms with Crippen molar-refractivity contribution < 1.29 is 0 Å². The van der Waals surface area contributed by atoms with Gasteiger partial charge in [0.05, 0.1) is 0 Å². The molecule has 1 atom stereocenters. The summed E-state index contributed by atoms with van der Waals surface area (Å²) in [4.78, 5) is 0. The van der Waals surface area contributed by atoms with Crippen LogP contribution in [0.4, 0.5) is 0 Å². The fourth-order valence-electron chi connectivity index (χ4n) is 4.08. The zero-order valence-corrected chi connectivity index (χ0v) is 23.0. The van der Waals surface area contributed by atoms with Crippen LogP contribution in [-0.2, 0) is 6.42 Å². The fraction of sp³-hybridized carbons (Fsp3) is 0.704. The first-order valence-electron chi connectivity index (χ1n) is 13.0. The molecule has 0 saturated carbocycles. The number of nitrogens with zero attached hydrogens (tertiary/aromatic N) is 3. The van der Waals surface area contributed by atoms with Gasteiger partial charge in [0.2, 0.25) is 0 Å². The van der Waals surface area contributed by atoms with E-state index in [9.17, 15) is 0 Å². The van der Waals surface area contributed by atoms with Crippen molar-refractivity contribution in [2.24, 2.45) is 0 Å². The fourth-order valence-corrected chi connectivity index (χ4v) is 5.39. The molecule has 0 aliphatic carbocycles. The Kier molecular flexibility index (Phi) is 14.4. The SMILES string of the molecule is CCCCCCCCCCC(C)Sc1nnc(CCCCCCC)n1-c1ccc(Br)cc1. The Bertz CT molecular complexity index is 729. The van der Waals surface area contributed by atoms with Crippen LogP contribution in [0.5, 0.6) is 0 Å². The van der Waals surface area contributed by atoms with Gasteiger partial charge in [0, 0.05) is 21.8 Å². The van der Waals surface area contributed by atoms with Gasteiger partial charge in [-0.15, -0.1) is 10.2 Å². The maximum atomic E-state index is 4.62. The van der Waals surface area contributed by atoms with E-state index in [1.807, 2.05) is 11.8 Å². The molecule has 0 aliphatic rings. The molecule has 5 heteroatoms. The first-order valence-corrected chi connectivity index (χ1v) is 14.7. The zero-order chi connectivity index (χ0) is 23.0. The molecule has 1 aromatic carbocycles. The van der Waals surface area contributed by atoms with E-state index in [4.69, 9.17) is 0 Å². The van der Waals surface area contributed by atoms with Gasteiger partial charge in [-0.3, -0.25) is 4.57 Å². The summed E-state index contributed by atoms with van der Waals surface area (Å²) in [5, 5.41) is 10.8. The number of thioether (sulfide) groups is 1. The van der Waals surface area contributed by atoms with Gasteiger partial charge in [-0.2, -0.15) is 0 Å². The summed E-state index contributed by atoms with van der Waals surface area (Å²) >= 11 is 5.45. The van der Waals surface area contributed by atoms with E-state index in [0.29, 0.717) is 5.25 Å². The highest BCUT2D eigenvalue weighted by Crippen LogP contribution is 2.29. The van der Waals surface area contributed by atoms with Crippen molar-refractivity contribution in [3.8, 4) is 5.69 Å². The van der Waals surface area contributed by atoms with Crippen molar-refractivity contribution in [1.29, 1.82) is 0 Å². The van der Waals surface area contributed by atoms with Gasteiger partial charge < -0.3 is 0 Å². The van der Waals surface area contributed by atoms with Crippen LogP contribution in [-0.4, -0.2) is 20.0 Å². The highest BCUT2D eigenvalue weighted by atomic mass is 79.9. The number of aromatic nitrogens is 3. The summed E-state index contributed by atoms with van der Waals surface area (Å²) in [7, 11) is 0. The van der Waals surface area contributed by atoms with Crippen molar-refractivity contribution in [1.82, 2.24) is 14.8 Å². The molecule has 0 N–H and O–H groups in total. The van der Waals surface area contributed by atoms with Crippen LogP contribution in [0, 0.1) is 0 Å². The molecule has 0 saturated heterocycles. The lowest BCUT2D eigenvalue weighted by Crippen LogP contribution is -2.05. The van der Waals surface area contributed by atoms with Gasteiger partial charge in [0.25, 0.3) is 0 Å². The average molecular weight is 523 g/mol. The van der Waals surface area contributed by atoms with Crippen LogP contribution in [0.15, 0.2) is 33.9 Å². The molecule has 1 aromatic heterocycles. The summed E-state index contributed by atoms with van der Waals surface area (Å²) in [6.07, 6.45) is 19.7. The predicted molar refractivity (Wildman–Crippen MR) is 144 cm³/mol. The lowest BCUT2D eigenvalue weighted by molar-refractivity contribution is 0.564. The smallest absolute Gasteiger partial charge is 0.196 e. The maximum absolute atomic E-state index is 4.62. The number of rotatable bonds is 18. The first-order chi connectivity index (χ1) is 15.7. The van der Waals surface area contributed by atoms with Gasteiger partial charge in [-0.05, 0) is 37.1 Å². The van der Waals surface area contributed by atoms with E-state index in [1.54, 1.807) is 0 Å². The van der Waals surface area contributed by atoms with Crippen molar-refractivity contribution in [3.05, 3.63) is 34.6 Å². The number of benzene rings is 1. The Morgan fingerprint density at radius 2 is 1.34 bits per heavy atom. The lowest BCUT2D eigenvalue weighted by Gasteiger charge is -2.14. The Balaban J connectivity index is 1.89. The molecular formula is C27H44BrN3S. The molecule has 32 heavy (non-hydrogen) atoms. The third-order valence-corrected chi connectivity index (χ3v) is 7.70. The normalized spacial score (nSPS) is 12.4. The van der Waals surface area contributed by atoms with Gasteiger partial charge in [0.15, 0.2) is 5.16 Å². The standard InChI is InChI=1S/C27H44BrN3S/c1-4-6-8-10-11-12-14-15-17-23(3)32-27-30-29-26(18-16-13-9-7-5-2)31(27)25-21-19-24(28)20-22-25/h19-23H,4-18H2,1-3H3. The molecule has 2 rings (SSSR count). The topological polar surface area (TPSA) is 30.7 Å². The first kappa shape index (κ1) is 27.4. The Morgan fingerprint density at radius 1 is 0.781 bits per heavy atom. The minimum Gasteiger partial charge on any atom is -0.274 e. The Labute approximate surface area is 209 Å². The minimum absolute atomic E-state index is 0.561. The number of halogens is 1. The van der Waals surface area contributed by atoms with Crippen molar-refractivity contribution in [3.63, 3.8) is 0 Å². The second kappa shape index (κ2) is 16.7. The van der Waals surface area contributed by atoms with Gasteiger partial charge >= 0.3 is 0 Å². The monoisotopic (exact) mass is 521 g/mol. The summed E-state index contributed by atoms with van der Waals surface area (Å²) in [5.41, 5.74) is 1.17. The van der Waals surface area contributed by atoms with Gasteiger partial charge in [-0.25, -0.2) is 0 Å². The summed E-state index contributed by atoms with van der Waals surface area (Å²) in [6, 6.07) is 8.56. The van der Waals surface area contributed by atoms with E-state index in [0.717, 1.165) is 21.9 Å². The molecule has 2 aromatic rings. The summed E-state index contributed by atoms with van der Waals surface area (Å²) < 4.78 is 3.40. The predicted octanol–water partition coefficient (Wildman–Crippen LogP) is 9.55. The number of aryl methyl sites for hydroxylation is 1. The zero-order valence-electron chi connectivity index (χ0n) is 20.6. The highest BCUT2D eigenvalue weighted by Gasteiger charge is 2.17. The molecule has 0 radical (unpaired) electrons. The molecule has 180 valence electrons. The van der Waals surface area contributed by atoms with E-state index in [-0.39, 0.29) is 0 Å². The van der Waals surface area contributed by atoms with E-state index < -0.39 is 0 Å². The molecule has 0 bridgehead atoms. The third-order valence-electron chi connectivity index (χ3n) is 6.06. The van der Waals surface area contributed by atoms with Crippen molar-refractivity contribution in [2.45, 2.75) is 127 Å². The molecule has 0 aliphatic heterocycles. The number of hydrogen-bond donors (Lipinski definition) is 0. The Hall–Kier alpha value is -0.810. The number of hydrogen-bond acceptors (Lipinski definition) is 3. The second-order valence-electron chi connectivity index (χ2n) is 9.07. The van der Waals surface area contributed by atoms with Crippen molar-refractivity contribution >= 4 is 27.7 Å². The van der Waals surface area contributed by atoms with Crippen LogP contribution >= 0.6 is 27.7 Å². The van der Waals surface area contributed by atoms with E-state index in [2.05, 4.69) is 75.7 Å². The molecule has 1 heterocycles. The maximum Gasteiger partial charge on any atom is 0.196 e. The quantitative estimate of drug-likeness (QED) is 0.144. The molecule has 0 spiro atoms. The average Bonchev–Trinajstić information content (AvgIpc) is 3.18. The molecule has 0 fully saturated rings. The van der Waals surface area contributed by atoms with E-state index >= 15 is 0 Å². The lowest BCUT2D eigenvalue weighted by atomic mass is 10.1. The van der Waals surface area contributed by atoms with Crippen LogP contribution in [0.25, 0.3) is 5.69 Å². The van der Waals surface area contributed by atoms with Crippen molar-refractivity contribution in [2.75, 3.05) is 0 Å². The Morgan fingerprint density at radius 3 is 1.97 bits per heavy atom. The van der Waals surface area contributed by atoms with Crippen LogP contribution in [0.3, 0.4) is 0 Å². The summed E-state index contributed by atoms with van der Waals surface area (Å²) in [5.74, 6) is 1.10. The third kappa shape index (κ3) is 10.4. The van der Waals surface area contributed by atoms with Crippen LogP contribution < -0.4 is 0 Å².